The highest BCUT2D eigenvalue weighted by molar-refractivity contribution is 6.31. The van der Waals surface area contributed by atoms with E-state index in [4.69, 9.17) is 22.1 Å². The van der Waals surface area contributed by atoms with Crippen molar-refractivity contribution in [3.05, 3.63) is 58.1 Å². The SMILES string of the molecule is Cc1ccc(C(C)C)c(Oc2ccc(CN)c(Cl)c2)c1. The molecule has 2 aromatic rings. The van der Waals surface area contributed by atoms with Gasteiger partial charge in [-0.05, 0) is 47.7 Å². The van der Waals surface area contributed by atoms with E-state index in [9.17, 15) is 0 Å². The highest BCUT2D eigenvalue weighted by atomic mass is 35.5. The van der Waals surface area contributed by atoms with Crippen LogP contribution in [0.4, 0.5) is 0 Å². The van der Waals surface area contributed by atoms with Crippen LogP contribution in [-0.4, -0.2) is 0 Å². The first kappa shape index (κ1) is 14.9. The van der Waals surface area contributed by atoms with Gasteiger partial charge in [0.25, 0.3) is 0 Å². The van der Waals surface area contributed by atoms with Gasteiger partial charge in [-0.3, -0.25) is 0 Å². The van der Waals surface area contributed by atoms with Crippen LogP contribution >= 0.6 is 11.6 Å². The number of hydrogen-bond donors (Lipinski definition) is 1. The summed E-state index contributed by atoms with van der Waals surface area (Å²) < 4.78 is 6.01. The first-order chi connectivity index (χ1) is 9.51. The van der Waals surface area contributed by atoms with Crippen molar-refractivity contribution in [3.8, 4) is 11.5 Å². The molecule has 2 rings (SSSR count). The van der Waals surface area contributed by atoms with Crippen molar-refractivity contribution in [1.29, 1.82) is 0 Å². The van der Waals surface area contributed by atoms with E-state index in [1.165, 1.54) is 11.1 Å². The Balaban J connectivity index is 2.34. The molecule has 0 radical (unpaired) electrons. The van der Waals surface area contributed by atoms with Gasteiger partial charge in [0.1, 0.15) is 11.5 Å². The molecule has 20 heavy (non-hydrogen) atoms. The summed E-state index contributed by atoms with van der Waals surface area (Å²) >= 11 is 6.17. The Morgan fingerprint density at radius 1 is 1.15 bits per heavy atom. The van der Waals surface area contributed by atoms with Gasteiger partial charge >= 0.3 is 0 Å². The second-order valence-corrected chi connectivity index (χ2v) is 5.66. The minimum atomic E-state index is 0.407. The molecule has 0 unspecified atom stereocenters. The van der Waals surface area contributed by atoms with Gasteiger partial charge in [-0.25, -0.2) is 0 Å². The molecule has 0 atom stereocenters. The highest BCUT2D eigenvalue weighted by Crippen LogP contribution is 2.33. The Morgan fingerprint density at radius 2 is 1.90 bits per heavy atom. The zero-order chi connectivity index (χ0) is 14.7. The molecule has 0 saturated carbocycles. The molecule has 0 saturated heterocycles. The van der Waals surface area contributed by atoms with E-state index in [0.717, 1.165) is 17.1 Å². The maximum atomic E-state index is 6.17. The lowest BCUT2D eigenvalue weighted by Crippen LogP contribution is -1.98. The molecule has 0 heterocycles. The number of hydrogen-bond acceptors (Lipinski definition) is 2. The van der Waals surface area contributed by atoms with Crippen LogP contribution in [0.1, 0.15) is 36.5 Å². The van der Waals surface area contributed by atoms with Crippen molar-refractivity contribution in [2.75, 3.05) is 0 Å². The van der Waals surface area contributed by atoms with Crippen LogP contribution < -0.4 is 10.5 Å². The average molecular weight is 290 g/mol. The summed E-state index contributed by atoms with van der Waals surface area (Å²) in [5.74, 6) is 2.03. The molecule has 0 bridgehead atoms. The molecular formula is C17H20ClNO. The molecule has 0 amide bonds. The number of aryl methyl sites for hydroxylation is 1. The Hall–Kier alpha value is -1.51. The molecule has 3 heteroatoms. The van der Waals surface area contributed by atoms with E-state index in [2.05, 4.69) is 39.0 Å². The molecule has 0 aliphatic heterocycles. The third-order valence-electron chi connectivity index (χ3n) is 3.26. The number of ether oxygens (including phenoxy) is 1. The van der Waals surface area contributed by atoms with E-state index >= 15 is 0 Å². The smallest absolute Gasteiger partial charge is 0.131 e. The normalized spacial score (nSPS) is 10.9. The van der Waals surface area contributed by atoms with Gasteiger partial charge < -0.3 is 10.5 Å². The number of halogens is 1. The van der Waals surface area contributed by atoms with Gasteiger partial charge in [-0.1, -0.05) is 43.6 Å². The Kier molecular flexibility index (Phi) is 4.69. The summed E-state index contributed by atoms with van der Waals surface area (Å²) in [6, 6.07) is 11.9. The van der Waals surface area contributed by atoms with Gasteiger partial charge in [0, 0.05) is 11.6 Å². The molecule has 106 valence electrons. The van der Waals surface area contributed by atoms with Crippen LogP contribution in [0.5, 0.6) is 11.5 Å². The molecule has 0 fully saturated rings. The zero-order valence-corrected chi connectivity index (χ0v) is 12.9. The van der Waals surface area contributed by atoms with Crippen molar-refractivity contribution in [2.45, 2.75) is 33.2 Å². The minimum absolute atomic E-state index is 0.407. The first-order valence-corrected chi connectivity index (χ1v) is 7.16. The van der Waals surface area contributed by atoms with E-state index in [1.807, 2.05) is 18.2 Å². The van der Waals surface area contributed by atoms with Gasteiger partial charge in [-0.15, -0.1) is 0 Å². The Morgan fingerprint density at radius 3 is 2.50 bits per heavy atom. The van der Waals surface area contributed by atoms with Gasteiger partial charge in [0.15, 0.2) is 0 Å². The van der Waals surface area contributed by atoms with Crippen LogP contribution in [0.15, 0.2) is 36.4 Å². The topological polar surface area (TPSA) is 35.2 Å². The van der Waals surface area contributed by atoms with E-state index in [1.54, 1.807) is 0 Å². The molecule has 0 aromatic heterocycles. The van der Waals surface area contributed by atoms with Crippen LogP contribution in [0.3, 0.4) is 0 Å². The molecule has 2 N–H and O–H groups in total. The molecule has 2 aromatic carbocycles. The highest BCUT2D eigenvalue weighted by Gasteiger charge is 2.10. The molecule has 0 aliphatic carbocycles. The van der Waals surface area contributed by atoms with Crippen molar-refractivity contribution < 1.29 is 4.74 Å². The third kappa shape index (κ3) is 3.33. The molecular weight excluding hydrogens is 270 g/mol. The van der Waals surface area contributed by atoms with Gasteiger partial charge in [-0.2, -0.15) is 0 Å². The van der Waals surface area contributed by atoms with Crippen LogP contribution in [0.25, 0.3) is 0 Å². The largest absolute Gasteiger partial charge is 0.457 e. The quantitative estimate of drug-likeness (QED) is 0.857. The Labute approximate surface area is 125 Å². The summed E-state index contributed by atoms with van der Waals surface area (Å²) in [6.07, 6.45) is 0. The predicted molar refractivity (Wildman–Crippen MR) is 84.7 cm³/mol. The lowest BCUT2D eigenvalue weighted by Gasteiger charge is -2.15. The maximum absolute atomic E-state index is 6.17. The first-order valence-electron chi connectivity index (χ1n) is 6.78. The molecule has 2 nitrogen and oxygen atoms in total. The van der Waals surface area contributed by atoms with Gasteiger partial charge in [0.05, 0.1) is 0 Å². The Bertz CT molecular complexity index is 608. The lowest BCUT2D eigenvalue weighted by atomic mass is 10.0. The second-order valence-electron chi connectivity index (χ2n) is 5.26. The summed E-state index contributed by atoms with van der Waals surface area (Å²) in [5.41, 5.74) is 8.90. The van der Waals surface area contributed by atoms with Crippen LogP contribution in [0, 0.1) is 6.92 Å². The minimum Gasteiger partial charge on any atom is -0.457 e. The second kappa shape index (κ2) is 6.29. The fourth-order valence-electron chi connectivity index (χ4n) is 2.09. The molecule has 0 aliphatic rings. The standard InChI is InChI=1S/C17H20ClNO/c1-11(2)15-7-4-12(3)8-17(15)20-14-6-5-13(10-19)16(18)9-14/h4-9,11H,10,19H2,1-3H3. The fraction of sp³-hybridized carbons (Fsp3) is 0.294. The number of rotatable bonds is 4. The third-order valence-corrected chi connectivity index (χ3v) is 3.62. The van der Waals surface area contributed by atoms with Crippen LogP contribution in [-0.2, 0) is 6.54 Å². The van der Waals surface area contributed by atoms with Crippen molar-refractivity contribution in [2.24, 2.45) is 5.73 Å². The van der Waals surface area contributed by atoms with Crippen molar-refractivity contribution >= 4 is 11.6 Å². The molecule has 0 spiro atoms. The summed E-state index contributed by atoms with van der Waals surface area (Å²) in [5, 5.41) is 0.642. The lowest BCUT2D eigenvalue weighted by molar-refractivity contribution is 0.472. The van der Waals surface area contributed by atoms with Crippen molar-refractivity contribution in [3.63, 3.8) is 0 Å². The fourth-order valence-corrected chi connectivity index (χ4v) is 2.34. The monoisotopic (exact) mass is 289 g/mol. The number of benzene rings is 2. The predicted octanol–water partition coefficient (Wildman–Crippen LogP) is 5.02. The van der Waals surface area contributed by atoms with E-state index in [0.29, 0.717) is 17.5 Å². The van der Waals surface area contributed by atoms with Crippen LogP contribution in [0.2, 0.25) is 5.02 Å². The maximum Gasteiger partial charge on any atom is 0.131 e. The summed E-state index contributed by atoms with van der Waals surface area (Å²) in [6.45, 7) is 6.80. The summed E-state index contributed by atoms with van der Waals surface area (Å²) in [7, 11) is 0. The summed E-state index contributed by atoms with van der Waals surface area (Å²) in [4.78, 5) is 0. The van der Waals surface area contributed by atoms with Gasteiger partial charge in [0.2, 0.25) is 0 Å². The van der Waals surface area contributed by atoms with Crippen molar-refractivity contribution in [1.82, 2.24) is 0 Å². The van der Waals surface area contributed by atoms with E-state index < -0.39 is 0 Å². The zero-order valence-electron chi connectivity index (χ0n) is 12.1. The number of nitrogens with two attached hydrogens (primary N) is 1. The average Bonchev–Trinajstić information content (AvgIpc) is 2.38. The van der Waals surface area contributed by atoms with E-state index in [-0.39, 0.29) is 0 Å².